The summed E-state index contributed by atoms with van der Waals surface area (Å²) < 4.78 is 7.21. The van der Waals surface area contributed by atoms with Crippen LogP contribution in [-0.2, 0) is 16.6 Å². The van der Waals surface area contributed by atoms with E-state index in [9.17, 15) is 4.79 Å². The van der Waals surface area contributed by atoms with Gasteiger partial charge in [0.25, 0.3) is 5.91 Å². The Morgan fingerprint density at radius 1 is 1.33 bits per heavy atom. The number of nitrogens with one attached hydrogen (secondary N) is 1. The number of aryl methyl sites for hydroxylation is 1. The first-order valence-electron chi connectivity index (χ1n) is 7.68. The number of fused-ring (bicyclic) bond motifs is 1. The van der Waals surface area contributed by atoms with E-state index in [4.69, 9.17) is 4.74 Å². The highest BCUT2D eigenvalue weighted by atomic mass is 16.5. The molecule has 0 radical (unpaired) electrons. The summed E-state index contributed by atoms with van der Waals surface area (Å²) >= 11 is 0. The van der Waals surface area contributed by atoms with Crippen LogP contribution in [0.25, 0.3) is 22.2 Å². The molecule has 2 aromatic heterocycles. The molecule has 0 aliphatic carbocycles. The molecule has 0 aliphatic rings. The van der Waals surface area contributed by atoms with Crippen LogP contribution in [0.1, 0.15) is 13.8 Å². The van der Waals surface area contributed by atoms with Gasteiger partial charge >= 0.3 is 0 Å². The summed E-state index contributed by atoms with van der Waals surface area (Å²) in [6.45, 7) is 3.73. The molecule has 3 rings (SSSR count). The van der Waals surface area contributed by atoms with Crippen LogP contribution in [0.4, 0.5) is 5.95 Å². The van der Waals surface area contributed by atoms with Crippen LogP contribution in [0.5, 0.6) is 0 Å². The number of imidazole rings is 1. The number of carbonyl (C=O) groups excluding carboxylic acids is 1. The first-order chi connectivity index (χ1) is 11.5. The maximum atomic E-state index is 11.8. The molecular weight excluding hydrogens is 306 g/mol. The number of anilines is 1. The molecule has 0 spiro atoms. The third-order valence-electron chi connectivity index (χ3n) is 3.49. The van der Waals surface area contributed by atoms with Gasteiger partial charge in [-0.15, -0.1) is 0 Å². The fraction of sp³-hybridized carbons (Fsp3) is 0.294. The number of rotatable bonds is 5. The molecule has 2 heterocycles. The molecule has 3 aromatic rings. The maximum absolute atomic E-state index is 11.8. The number of hydrogen-bond donors (Lipinski definition) is 1. The summed E-state index contributed by atoms with van der Waals surface area (Å²) in [6, 6.07) is 5.90. The second-order valence-electron chi connectivity index (χ2n) is 5.76. The third-order valence-corrected chi connectivity index (χ3v) is 3.49. The number of hydrogen-bond acceptors (Lipinski definition) is 5. The Bertz CT molecular complexity index is 872. The number of benzene rings is 1. The molecule has 0 atom stereocenters. The van der Waals surface area contributed by atoms with E-state index in [1.54, 1.807) is 18.7 Å². The lowest BCUT2D eigenvalue weighted by molar-refractivity contribution is -0.122. The van der Waals surface area contributed by atoms with Crippen LogP contribution in [0.15, 0.2) is 36.9 Å². The molecular formula is C17H19N5O2. The number of amides is 1. The fourth-order valence-electron chi connectivity index (χ4n) is 2.28. The minimum Gasteiger partial charge on any atom is -0.369 e. The van der Waals surface area contributed by atoms with E-state index in [2.05, 4.69) is 20.3 Å². The van der Waals surface area contributed by atoms with E-state index < -0.39 is 0 Å². The predicted molar refractivity (Wildman–Crippen MR) is 91.5 cm³/mol. The van der Waals surface area contributed by atoms with Gasteiger partial charge in [-0.05, 0) is 19.9 Å². The topological polar surface area (TPSA) is 81.9 Å². The van der Waals surface area contributed by atoms with Gasteiger partial charge in [-0.25, -0.2) is 15.0 Å². The van der Waals surface area contributed by atoms with Crippen molar-refractivity contribution in [2.45, 2.75) is 20.0 Å². The molecule has 0 aliphatic heterocycles. The van der Waals surface area contributed by atoms with Gasteiger partial charge in [0.15, 0.2) is 0 Å². The first kappa shape index (κ1) is 16.1. The third kappa shape index (κ3) is 3.57. The Hall–Kier alpha value is -2.80. The Balaban J connectivity index is 1.84. The Morgan fingerprint density at radius 3 is 2.88 bits per heavy atom. The molecule has 1 aromatic carbocycles. The van der Waals surface area contributed by atoms with Gasteiger partial charge in [0.1, 0.15) is 6.61 Å². The van der Waals surface area contributed by atoms with Crippen LogP contribution in [-0.4, -0.2) is 38.1 Å². The molecule has 1 N–H and O–H groups in total. The number of carbonyl (C=O) groups is 1. The van der Waals surface area contributed by atoms with Gasteiger partial charge < -0.3 is 9.30 Å². The lowest BCUT2D eigenvalue weighted by Crippen LogP contribution is -2.21. The Morgan fingerprint density at radius 2 is 2.17 bits per heavy atom. The molecule has 0 bridgehead atoms. The molecule has 7 nitrogen and oxygen atoms in total. The molecule has 24 heavy (non-hydrogen) atoms. The summed E-state index contributed by atoms with van der Waals surface area (Å²) in [5.74, 6) is -0.00662. The maximum Gasteiger partial charge on any atom is 0.252 e. The zero-order valence-electron chi connectivity index (χ0n) is 13.9. The number of nitrogens with zero attached hydrogens (tertiary/aromatic N) is 4. The zero-order valence-corrected chi connectivity index (χ0v) is 13.9. The number of ether oxygens (including phenoxy) is 1. The Labute approximate surface area is 139 Å². The summed E-state index contributed by atoms with van der Waals surface area (Å²) in [7, 11) is 1.94. The second kappa shape index (κ2) is 6.76. The fourth-order valence-corrected chi connectivity index (χ4v) is 2.28. The van der Waals surface area contributed by atoms with Crippen LogP contribution in [0.3, 0.4) is 0 Å². The molecule has 1 amide bonds. The van der Waals surface area contributed by atoms with Crippen molar-refractivity contribution < 1.29 is 9.53 Å². The number of aromatic nitrogens is 4. The van der Waals surface area contributed by atoms with Crippen molar-refractivity contribution >= 4 is 22.8 Å². The van der Waals surface area contributed by atoms with Crippen molar-refractivity contribution in [3.05, 3.63) is 36.9 Å². The van der Waals surface area contributed by atoms with E-state index in [0.717, 1.165) is 22.2 Å². The van der Waals surface area contributed by atoms with E-state index in [-0.39, 0.29) is 24.6 Å². The Kier molecular flexibility index (Phi) is 4.52. The molecule has 0 saturated carbocycles. The summed E-state index contributed by atoms with van der Waals surface area (Å²) in [6.07, 6.45) is 5.23. The molecule has 0 fully saturated rings. The lowest BCUT2D eigenvalue weighted by Gasteiger charge is -2.08. The van der Waals surface area contributed by atoms with Crippen molar-refractivity contribution in [1.82, 2.24) is 19.5 Å². The first-order valence-corrected chi connectivity index (χ1v) is 7.68. The highest BCUT2D eigenvalue weighted by Crippen LogP contribution is 2.23. The van der Waals surface area contributed by atoms with E-state index in [0.29, 0.717) is 0 Å². The highest BCUT2D eigenvalue weighted by molar-refractivity contribution is 5.91. The van der Waals surface area contributed by atoms with Crippen molar-refractivity contribution in [2.24, 2.45) is 7.05 Å². The summed E-state index contributed by atoms with van der Waals surface area (Å²) in [5.41, 5.74) is 2.75. The van der Waals surface area contributed by atoms with Crippen LogP contribution in [0, 0.1) is 0 Å². The average Bonchev–Trinajstić information content (AvgIpc) is 2.98. The summed E-state index contributed by atoms with van der Waals surface area (Å²) in [5, 5.41) is 3.55. The van der Waals surface area contributed by atoms with E-state index in [1.807, 2.05) is 43.7 Å². The van der Waals surface area contributed by atoms with Gasteiger partial charge in [0.05, 0.1) is 29.8 Å². The van der Waals surface area contributed by atoms with Gasteiger partial charge in [-0.2, -0.15) is 0 Å². The monoisotopic (exact) mass is 325 g/mol. The van der Waals surface area contributed by atoms with Gasteiger partial charge in [0, 0.05) is 24.2 Å². The normalized spacial score (nSPS) is 11.2. The second-order valence-corrected chi connectivity index (χ2v) is 5.76. The highest BCUT2D eigenvalue weighted by Gasteiger charge is 2.09. The van der Waals surface area contributed by atoms with Crippen LogP contribution in [0.2, 0.25) is 0 Å². The predicted octanol–water partition coefficient (Wildman–Crippen LogP) is 2.39. The van der Waals surface area contributed by atoms with Crippen molar-refractivity contribution in [2.75, 3.05) is 11.9 Å². The van der Waals surface area contributed by atoms with Gasteiger partial charge in [-0.1, -0.05) is 12.1 Å². The van der Waals surface area contributed by atoms with Crippen LogP contribution < -0.4 is 5.32 Å². The van der Waals surface area contributed by atoms with Gasteiger partial charge in [0.2, 0.25) is 5.95 Å². The minimum absolute atomic E-state index is 0.00488. The zero-order chi connectivity index (χ0) is 17.1. The average molecular weight is 325 g/mol. The quantitative estimate of drug-likeness (QED) is 0.779. The van der Waals surface area contributed by atoms with E-state index >= 15 is 0 Å². The smallest absolute Gasteiger partial charge is 0.252 e. The van der Waals surface area contributed by atoms with Crippen LogP contribution >= 0.6 is 0 Å². The van der Waals surface area contributed by atoms with E-state index in [1.165, 1.54) is 0 Å². The standard InChI is InChI=1S/C17H19N5O2/c1-11(2)24-9-16(23)21-17-19-7-13-5-4-12(6-14(13)20-17)15-8-18-10-22(15)3/h4-8,10-11H,9H2,1-3H3,(H,19,20,21,23). The lowest BCUT2D eigenvalue weighted by atomic mass is 10.1. The minimum atomic E-state index is -0.272. The van der Waals surface area contributed by atoms with Gasteiger partial charge in [-0.3, -0.25) is 10.1 Å². The summed E-state index contributed by atoms with van der Waals surface area (Å²) in [4.78, 5) is 24.5. The van der Waals surface area contributed by atoms with Crippen molar-refractivity contribution in [3.8, 4) is 11.3 Å². The molecule has 7 heteroatoms. The molecule has 124 valence electrons. The SMILES string of the molecule is CC(C)OCC(=O)Nc1ncc2ccc(-c3cncn3C)cc2n1. The molecule has 0 saturated heterocycles. The molecule has 0 unspecified atom stereocenters. The van der Waals surface area contributed by atoms with Crippen molar-refractivity contribution in [1.29, 1.82) is 0 Å². The largest absolute Gasteiger partial charge is 0.369 e. The van der Waals surface area contributed by atoms with Crippen molar-refractivity contribution in [3.63, 3.8) is 0 Å².